The minimum Gasteiger partial charge on any atom is -0.335 e. The number of pyridine rings is 1. The van der Waals surface area contributed by atoms with Crippen molar-refractivity contribution in [1.82, 2.24) is 34.9 Å². The van der Waals surface area contributed by atoms with Gasteiger partial charge in [-0.2, -0.15) is 5.10 Å². The third-order valence-corrected chi connectivity index (χ3v) is 4.55. The molecule has 0 spiro atoms. The smallest absolute Gasteiger partial charge is 0.274 e. The molecule has 4 heterocycles. The largest absolute Gasteiger partial charge is 0.335 e. The molecule has 1 amide bonds. The summed E-state index contributed by atoms with van der Waals surface area (Å²) in [5, 5.41) is 7.98. The van der Waals surface area contributed by atoms with Crippen molar-refractivity contribution < 1.29 is 4.79 Å². The first-order valence-corrected chi connectivity index (χ1v) is 8.23. The molecule has 4 rings (SSSR count). The number of aryl methyl sites for hydroxylation is 1. The van der Waals surface area contributed by atoms with Gasteiger partial charge < -0.3 is 9.80 Å². The molecule has 1 saturated heterocycles. The van der Waals surface area contributed by atoms with E-state index in [-0.39, 0.29) is 5.91 Å². The van der Waals surface area contributed by atoms with E-state index in [4.69, 9.17) is 0 Å². The first-order chi connectivity index (χ1) is 12.1. The number of aromatic nitrogens is 5. The van der Waals surface area contributed by atoms with E-state index in [9.17, 15) is 4.79 Å². The standard InChI is InChI=1S/C17H19N7O/c1-11-13-7-12(8-19-16(13)22-21-11)14-9-18-10-15(20-14)17(25)24-5-3-23(2)4-6-24/h7-10H,3-6H2,1-2H3,(H,19,21,22). The molecule has 1 aliphatic rings. The van der Waals surface area contributed by atoms with E-state index in [1.807, 2.05) is 17.9 Å². The van der Waals surface area contributed by atoms with E-state index in [0.717, 1.165) is 35.4 Å². The van der Waals surface area contributed by atoms with Gasteiger partial charge in [0.15, 0.2) is 5.65 Å². The van der Waals surface area contributed by atoms with Gasteiger partial charge in [0.2, 0.25) is 0 Å². The Hall–Kier alpha value is -2.87. The van der Waals surface area contributed by atoms with Crippen LogP contribution in [0, 0.1) is 6.92 Å². The van der Waals surface area contributed by atoms with Crippen LogP contribution in [0.3, 0.4) is 0 Å². The summed E-state index contributed by atoms with van der Waals surface area (Å²) in [4.78, 5) is 29.8. The predicted molar refractivity (Wildman–Crippen MR) is 93.1 cm³/mol. The minimum absolute atomic E-state index is 0.0732. The third kappa shape index (κ3) is 2.96. The number of nitrogens with one attached hydrogen (secondary N) is 1. The van der Waals surface area contributed by atoms with Gasteiger partial charge >= 0.3 is 0 Å². The van der Waals surface area contributed by atoms with Gasteiger partial charge in [0.25, 0.3) is 5.91 Å². The maximum Gasteiger partial charge on any atom is 0.274 e. The molecule has 25 heavy (non-hydrogen) atoms. The van der Waals surface area contributed by atoms with Gasteiger partial charge in [-0.1, -0.05) is 0 Å². The average Bonchev–Trinajstić information content (AvgIpc) is 3.02. The summed E-state index contributed by atoms with van der Waals surface area (Å²) in [6.07, 6.45) is 4.90. The predicted octanol–water partition coefficient (Wildman–Crippen LogP) is 1.11. The lowest BCUT2D eigenvalue weighted by molar-refractivity contribution is 0.0658. The van der Waals surface area contributed by atoms with Crippen LogP contribution in [0.5, 0.6) is 0 Å². The van der Waals surface area contributed by atoms with Crippen molar-refractivity contribution in [3.8, 4) is 11.3 Å². The number of amides is 1. The Balaban J connectivity index is 1.64. The van der Waals surface area contributed by atoms with Crippen molar-refractivity contribution in [2.24, 2.45) is 0 Å². The van der Waals surface area contributed by atoms with E-state index in [1.165, 1.54) is 6.20 Å². The maximum atomic E-state index is 12.7. The van der Waals surface area contributed by atoms with Crippen molar-refractivity contribution in [2.45, 2.75) is 6.92 Å². The van der Waals surface area contributed by atoms with Crippen molar-refractivity contribution in [1.29, 1.82) is 0 Å². The lowest BCUT2D eigenvalue weighted by Crippen LogP contribution is -2.47. The second kappa shape index (κ2) is 6.21. The number of hydrogen-bond acceptors (Lipinski definition) is 6. The van der Waals surface area contributed by atoms with Crippen LogP contribution in [-0.4, -0.2) is 74.1 Å². The molecule has 1 aliphatic heterocycles. The third-order valence-electron chi connectivity index (χ3n) is 4.55. The molecule has 8 nitrogen and oxygen atoms in total. The number of rotatable bonds is 2. The van der Waals surface area contributed by atoms with E-state index in [2.05, 4.69) is 37.1 Å². The highest BCUT2D eigenvalue weighted by molar-refractivity contribution is 5.92. The fourth-order valence-corrected chi connectivity index (χ4v) is 2.95. The number of nitrogens with zero attached hydrogens (tertiary/aromatic N) is 6. The molecular formula is C17H19N7O. The Bertz CT molecular complexity index is 928. The number of likely N-dealkylation sites (N-methyl/N-ethyl adjacent to an activating group) is 1. The molecular weight excluding hydrogens is 318 g/mol. The number of H-pyrrole nitrogens is 1. The number of carbonyl (C=O) groups excluding carboxylic acids is 1. The Kier molecular flexibility index (Phi) is 3.89. The summed E-state index contributed by atoms with van der Waals surface area (Å²) in [5.74, 6) is -0.0732. The van der Waals surface area contributed by atoms with Gasteiger partial charge in [-0.05, 0) is 20.0 Å². The molecule has 1 N–H and O–H groups in total. The number of hydrogen-bond donors (Lipinski definition) is 1. The van der Waals surface area contributed by atoms with Crippen molar-refractivity contribution in [2.75, 3.05) is 33.2 Å². The highest BCUT2D eigenvalue weighted by Gasteiger charge is 2.22. The zero-order valence-corrected chi connectivity index (χ0v) is 14.2. The summed E-state index contributed by atoms with van der Waals surface area (Å²) < 4.78 is 0. The molecule has 3 aromatic heterocycles. The average molecular weight is 337 g/mol. The van der Waals surface area contributed by atoms with Crippen molar-refractivity contribution in [3.05, 3.63) is 36.0 Å². The summed E-state index contributed by atoms with van der Waals surface area (Å²) in [5.41, 5.74) is 3.43. The first kappa shape index (κ1) is 15.6. The fraction of sp³-hybridized carbons (Fsp3) is 0.353. The molecule has 0 bridgehead atoms. The lowest BCUT2D eigenvalue weighted by atomic mass is 10.1. The van der Waals surface area contributed by atoms with Gasteiger partial charge in [0.05, 0.1) is 23.8 Å². The first-order valence-electron chi connectivity index (χ1n) is 8.23. The van der Waals surface area contributed by atoms with Crippen LogP contribution < -0.4 is 0 Å². The van der Waals surface area contributed by atoms with Crippen LogP contribution in [0.15, 0.2) is 24.7 Å². The lowest BCUT2D eigenvalue weighted by Gasteiger charge is -2.32. The van der Waals surface area contributed by atoms with Crippen LogP contribution in [0.4, 0.5) is 0 Å². The summed E-state index contributed by atoms with van der Waals surface area (Å²) in [7, 11) is 2.06. The highest BCUT2D eigenvalue weighted by atomic mass is 16.2. The van der Waals surface area contributed by atoms with Crippen LogP contribution in [-0.2, 0) is 0 Å². The van der Waals surface area contributed by atoms with Gasteiger partial charge in [-0.15, -0.1) is 0 Å². The second-order valence-electron chi connectivity index (χ2n) is 6.31. The summed E-state index contributed by atoms with van der Waals surface area (Å²) >= 11 is 0. The Morgan fingerprint density at radius 3 is 2.76 bits per heavy atom. The molecule has 8 heteroatoms. The molecule has 1 fully saturated rings. The molecule has 0 saturated carbocycles. The zero-order chi connectivity index (χ0) is 17.4. The van der Waals surface area contributed by atoms with Crippen LogP contribution in [0.1, 0.15) is 16.2 Å². The minimum atomic E-state index is -0.0732. The van der Waals surface area contributed by atoms with Gasteiger partial charge in [-0.3, -0.25) is 14.9 Å². The van der Waals surface area contributed by atoms with Gasteiger partial charge in [0.1, 0.15) is 5.69 Å². The van der Waals surface area contributed by atoms with Crippen LogP contribution in [0.2, 0.25) is 0 Å². The van der Waals surface area contributed by atoms with Crippen molar-refractivity contribution >= 4 is 16.9 Å². The molecule has 3 aromatic rings. The number of fused-ring (bicyclic) bond motifs is 1. The van der Waals surface area contributed by atoms with E-state index in [0.29, 0.717) is 24.5 Å². The van der Waals surface area contributed by atoms with E-state index >= 15 is 0 Å². The second-order valence-corrected chi connectivity index (χ2v) is 6.31. The summed E-state index contributed by atoms with van der Waals surface area (Å²) in [6.45, 7) is 5.09. The van der Waals surface area contributed by atoms with Gasteiger partial charge in [-0.25, -0.2) is 9.97 Å². The number of piperazine rings is 1. The van der Waals surface area contributed by atoms with Gasteiger partial charge in [0, 0.05) is 43.3 Å². The Morgan fingerprint density at radius 1 is 1.16 bits per heavy atom. The van der Waals surface area contributed by atoms with Crippen LogP contribution >= 0.6 is 0 Å². The van der Waals surface area contributed by atoms with Crippen LogP contribution in [0.25, 0.3) is 22.3 Å². The number of aromatic amines is 1. The van der Waals surface area contributed by atoms with E-state index < -0.39 is 0 Å². The van der Waals surface area contributed by atoms with E-state index in [1.54, 1.807) is 12.4 Å². The Labute approximate surface area is 144 Å². The van der Waals surface area contributed by atoms with Crippen molar-refractivity contribution in [3.63, 3.8) is 0 Å². The molecule has 0 unspecified atom stereocenters. The molecule has 0 aromatic carbocycles. The molecule has 0 radical (unpaired) electrons. The normalized spacial score (nSPS) is 15.7. The quantitative estimate of drug-likeness (QED) is 0.753. The SMILES string of the molecule is Cc1n[nH]c2ncc(-c3cncc(C(=O)N4CCN(C)CC4)n3)cc12. The fourth-order valence-electron chi connectivity index (χ4n) is 2.95. The highest BCUT2D eigenvalue weighted by Crippen LogP contribution is 2.22. The Morgan fingerprint density at radius 2 is 1.96 bits per heavy atom. The number of carbonyl (C=O) groups is 1. The molecule has 0 aliphatic carbocycles. The molecule has 128 valence electrons. The monoisotopic (exact) mass is 337 g/mol. The zero-order valence-electron chi connectivity index (χ0n) is 14.2. The maximum absolute atomic E-state index is 12.7. The molecule has 0 atom stereocenters. The summed E-state index contributed by atoms with van der Waals surface area (Å²) in [6, 6.07) is 1.97. The topological polar surface area (TPSA) is 90.9 Å².